The van der Waals surface area contributed by atoms with E-state index in [0.717, 1.165) is 44.2 Å². The molecular formula is C16H28N2O. The van der Waals surface area contributed by atoms with Crippen molar-refractivity contribution in [2.45, 2.75) is 63.8 Å². The molecule has 2 aliphatic carbocycles. The molecular weight excluding hydrogens is 236 g/mol. The fraction of sp³-hybridized carbons (Fsp3) is 0.938. The van der Waals surface area contributed by atoms with E-state index in [1.165, 1.54) is 38.5 Å². The van der Waals surface area contributed by atoms with Gasteiger partial charge in [0.2, 0.25) is 5.91 Å². The summed E-state index contributed by atoms with van der Waals surface area (Å²) in [7, 11) is 0. The van der Waals surface area contributed by atoms with Crippen molar-refractivity contribution >= 4 is 5.91 Å². The summed E-state index contributed by atoms with van der Waals surface area (Å²) in [5, 5.41) is 0. The van der Waals surface area contributed by atoms with Crippen molar-refractivity contribution in [2.75, 3.05) is 13.1 Å². The zero-order valence-electron chi connectivity index (χ0n) is 12.0. The summed E-state index contributed by atoms with van der Waals surface area (Å²) in [6.45, 7) is 1.75. The maximum Gasteiger partial charge on any atom is 0.223 e. The van der Waals surface area contributed by atoms with E-state index in [9.17, 15) is 4.79 Å². The number of nitrogens with two attached hydrogens (primary N) is 1. The summed E-state index contributed by atoms with van der Waals surface area (Å²) in [6, 6.07) is 0.495. The van der Waals surface area contributed by atoms with Crippen molar-refractivity contribution < 1.29 is 4.79 Å². The second-order valence-electron chi connectivity index (χ2n) is 6.95. The predicted molar refractivity (Wildman–Crippen MR) is 76.6 cm³/mol. The Morgan fingerprint density at radius 3 is 2.79 bits per heavy atom. The number of hydrogen-bond donors (Lipinski definition) is 1. The molecule has 0 radical (unpaired) electrons. The summed E-state index contributed by atoms with van der Waals surface area (Å²) in [5.41, 5.74) is 5.60. The number of likely N-dealkylation sites (tertiary alicyclic amines) is 1. The Morgan fingerprint density at radius 2 is 2.11 bits per heavy atom. The van der Waals surface area contributed by atoms with Crippen molar-refractivity contribution in [3.63, 3.8) is 0 Å². The molecule has 0 aromatic heterocycles. The molecule has 0 aromatic carbocycles. The summed E-state index contributed by atoms with van der Waals surface area (Å²) >= 11 is 0. The van der Waals surface area contributed by atoms with Gasteiger partial charge in [0.1, 0.15) is 0 Å². The number of carbonyl (C=O) groups excluding carboxylic acids is 1. The molecule has 2 N–H and O–H groups in total. The molecule has 1 amide bonds. The molecule has 1 heterocycles. The largest absolute Gasteiger partial charge is 0.340 e. The molecule has 2 saturated carbocycles. The molecule has 3 fully saturated rings. The van der Waals surface area contributed by atoms with Crippen LogP contribution >= 0.6 is 0 Å². The third-order valence-electron chi connectivity index (χ3n) is 5.76. The molecule has 19 heavy (non-hydrogen) atoms. The van der Waals surface area contributed by atoms with Crippen LogP contribution in [-0.4, -0.2) is 29.9 Å². The Morgan fingerprint density at radius 1 is 1.21 bits per heavy atom. The summed E-state index contributed by atoms with van der Waals surface area (Å²) in [4.78, 5) is 14.7. The minimum absolute atomic E-state index is 0.442. The number of amides is 1. The molecule has 4 unspecified atom stereocenters. The van der Waals surface area contributed by atoms with Gasteiger partial charge >= 0.3 is 0 Å². The van der Waals surface area contributed by atoms with Gasteiger partial charge < -0.3 is 10.6 Å². The maximum atomic E-state index is 12.5. The summed E-state index contributed by atoms with van der Waals surface area (Å²) < 4.78 is 0. The van der Waals surface area contributed by atoms with Gasteiger partial charge in [0, 0.05) is 19.0 Å². The van der Waals surface area contributed by atoms with E-state index in [1.807, 2.05) is 0 Å². The number of hydrogen-bond acceptors (Lipinski definition) is 2. The van der Waals surface area contributed by atoms with E-state index < -0.39 is 0 Å². The predicted octanol–water partition coefficient (Wildman–Crippen LogP) is 2.54. The second kappa shape index (κ2) is 5.82. The molecule has 0 aromatic rings. The topological polar surface area (TPSA) is 46.3 Å². The standard InChI is InChI=1S/C16H28N2O/c17-7-1-3-15-4-2-8-18(15)16(19)11-14-10-12-5-6-13(14)9-12/h12-15H,1-11,17H2. The van der Waals surface area contributed by atoms with Gasteiger partial charge in [-0.1, -0.05) is 6.42 Å². The first-order chi connectivity index (χ1) is 9.28. The Bertz CT molecular complexity index is 331. The number of nitrogens with zero attached hydrogens (tertiary/aromatic N) is 1. The minimum atomic E-state index is 0.442. The second-order valence-corrected chi connectivity index (χ2v) is 6.95. The van der Waals surface area contributed by atoms with Crippen LogP contribution in [0.2, 0.25) is 0 Å². The van der Waals surface area contributed by atoms with Crippen LogP contribution in [0.15, 0.2) is 0 Å². The fourth-order valence-corrected chi connectivity index (χ4v) is 4.79. The maximum absolute atomic E-state index is 12.5. The van der Waals surface area contributed by atoms with E-state index in [1.54, 1.807) is 0 Å². The van der Waals surface area contributed by atoms with Gasteiger partial charge in [-0.2, -0.15) is 0 Å². The third kappa shape index (κ3) is 2.81. The Labute approximate surface area is 116 Å². The van der Waals surface area contributed by atoms with E-state index in [0.29, 0.717) is 17.9 Å². The van der Waals surface area contributed by atoms with E-state index in [-0.39, 0.29) is 0 Å². The average molecular weight is 264 g/mol. The molecule has 3 aliphatic rings. The van der Waals surface area contributed by atoms with Gasteiger partial charge in [-0.25, -0.2) is 0 Å². The first kappa shape index (κ1) is 13.4. The van der Waals surface area contributed by atoms with Crippen molar-refractivity contribution in [1.82, 2.24) is 4.90 Å². The molecule has 1 saturated heterocycles. The highest BCUT2D eigenvalue weighted by Gasteiger charge is 2.41. The molecule has 3 heteroatoms. The molecule has 0 spiro atoms. The number of fused-ring (bicyclic) bond motifs is 2. The highest BCUT2D eigenvalue weighted by Crippen LogP contribution is 2.49. The Kier molecular flexibility index (Phi) is 4.11. The monoisotopic (exact) mass is 264 g/mol. The normalized spacial score (nSPS) is 37.2. The molecule has 1 aliphatic heterocycles. The van der Waals surface area contributed by atoms with Gasteiger partial charge in [-0.15, -0.1) is 0 Å². The molecule has 108 valence electrons. The van der Waals surface area contributed by atoms with Crippen LogP contribution in [0, 0.1) is 17.8 Å². The van der Waals surface area contributed by atoms with Crippen LogP contribution in [0.5, 0.6) is 0 Å². The van der Waals surface area contributed by atoms with E-state index in [4.69, 9.17) is 5.73 Å². The lowest BCUT2D eigenvalue weighted by Crippen LogP contribution is -2.37. The molecule has 2 bridgehead atoms. The lowest BCUT2D eigenvalue weighted by molar-refractivity contribution is -0.133. The van der Waals surface area contributed by atoms with Crippen molar-refractivity contribution in [3.05, 3.63) is 0 Å². The van der Waals surface area contributed by atoms with Crippen molar-refractivity contribution in [2.24, 2.45) is 23.5 Å². The van der Waals surface area contributed by atoms with E-state index in [2.05, 4.69) is 4.90 Å². The average Bonchev–Trinajstić information content (AvgIpc) is 3.11. The van der Waals surface area contributed by atoms with Crippen LogP contribution in [0.1, 0.15) is 57.8 Å². The number of carbonyl (C=O) groups is 1. The van der Waals surface area contributed by atoms with Gasteiger partial charge in [0.15, 0.2) is 0 Å². The fourth-order valence-electron chi connectivity index (χ4n) is 4.79. The van der Waals surface area contributed by atoms with Gasteiger partial charge in [-0.3, -0.25) is 4.79 Å². The zero-order valence-corrected chi connectivity index (χ0v) is 12.0. The van der Waals surface area contributed by atoms with Crippen LogP contribution in [0.25, 0.3) is 0 Å². The first-order valence-electron chi connectivity index (χ1n) is 8.27. The lowest BCUT2D eigenvalue weighted by Gasteiger charge is -2.28. The van der Waals surface area contributed by atoms with Gasteiger partial charge in [-0.05, 0) is 69.2 Å². The van der Waals surface area contributed by atoms with Crippen molar-refractivity contribution in [3.8, 4) is 0 Å². The highest BCUT2D eigenvalue weighted by molar-refractivity contribution is 5.77. The third-order valence-corrected chi connectivity index (χ3v) is 5.76. The van der Waals surface area contributed by atoms with Crippen LogP contribution in [0.3, 0.4) is 0 Å². The molecule has 3 rings (SSSR count). The van der Waals surface area contributed by atoms with Gasteiger partial charge in [0.25, 0.3) is 0 Å². The smallest absolute Gasteiger partial charge is 0.223 e. The molecule has 3 nitrogen and oxygen atoms in total. The zero-order chi connectivity index (χ0) is 13.2. The SMILES string of the molecule is NCCCC1CCCN1C(=O)CC1CC2CCC1C2. The van der Waals surface area contributed by atoms with Crippen LogP contribution in [-0.2, 0) is 4.79 Å². The number of rotatable bonds is 5. The van der Waals surface area contributed by atoms with Gasteiger partial charge in [0.05, 0.1) is 0 Å². The van der Waals surface area contributed by atoms with E-state index >= 15 is 0 Å². The highest BCUT2D eigenvalue weighted by atomic mass is 16.2. The first-order valence-corrected chi connectivity index (χ1v) is 8.27. The summed E-state index contributed by atoms with van der Waals surface area (Å²) in [6.07, 6.45) is 11.0. The van der Waals surface area contributed by atoms with Crippen LogP contribution < -0.4 is 5.73 Å². The summed E-state index contributed by atoms with van der Waals surface area (Å²) in [5.74, 6) is 2.98. The Hall–Kier alpha value is -0.570. The lowest BCUT2D eigenvalue weighted by atomic mass is 9.86. The molecule has 4 atom stereocenters. The van der Waals surface area contributed by atoms with Crippen molar-refractivity contribution in [1.29, 1.82) is 0 Å². The Balaban J connectivity index is 1.51. The minimum Gasteiger partial charge on any atom is -0.340 e. The van der Waals surface area contributed by atoms with Crippen LogP contribution in [0.4, 0.5) is 0 Å². The quantitative estimate of drug-likeness (QED) is 0.829.